The van der Waals surface area contributed by atoms with Crippen LogP contribution in [-0.2, 0) is 4.74 Å². The van der Waals surface area contributed by atoms with Crippen molar-refractivity contribution in [2.24, 2.45) is 0 Å². The maximum Gasteiger partial charge on any atom is 0.150 e. The molecular formula is C15H21NO2S2. The van der Waals surface area contributed by atoms with Gasteiger partial charge in [0.15, 0.2) is 0 Å². The van der Waals surface area contributed by atoms with E-state index in [-0.39, 0.29) is 0 Å². The maximum absolute atomic E-state index is 10.7. The molecule has 3 nitrogen and oxygen atoms in total. The van der Waals surface area contributed by atoms with E-state index in [1.807, 2.05) is 47.8 Å². The van der Waals surface area contributed by atoms with Crippen molar-refractivity contribution in [2.45, 2.75) is 0 Å². The van der Waals surface area contributed by atoms with Gasteiger partial charge in [-0.2, -0.15) is 23.5 Å². The van der Waals surface area contributed by atoms with Crippen LogP contribution < -0.4 is 4.90 Å². The lowest BCUT2D eigenvalue weighted by Gasteiger charge is -2.25. The smallest absolute Gasteiger partial charge is 0.150 e. The van der Waals surface area contributed by atoms with Crippen molar-refractivity contribution in [2.75, 3.05) is 54.2 Å². The summed E-state index contributed by atoms with van der Waals surface area (Å²) in [5.74, 6) is 4.37. The molecule has 1 saturated heterocycles. The van der Waals surface area contributed by atoms with E-state index in [0.29, 0.717) is 0 Å². The van der Waals surface area contributed by atoms with Gasteiger partial charge in [0.05, 0.1) is 13.2 Å². The second kappa shape index (κ2) is 9.32. The SMILES string of the molecule is O=Cc1ccc(N2CCSCCOCCSCC2)cc1. The lowest BCUT2D eigenvalue weighted by molar-refractivity contribution is 0.112. The van der Waals surface area contributed by atoms with Gasteiger partial charge in [-0.25, -0.2) is 0 Å². The summed E-state index contributed by atoms with van der Waals surface area (Å²) in [5, 5.41) is 0. The summed E-state index contributed by atoms with van der Waals surface area (Å²) in [6.45, 7) is 3.82. The van der Waals surface area contributed by atoms with E-state index in [1.165, 1.54) is 5.69 Å². The molecule has 1 aliphatic rings. The van der Waals surface area contributed by atoms with E-state index in [4.69, 9.17) is 4.74 Å². The van der Waals surface area contributed by atoms with Gasteiger partial charge in [0.2, 0.25) is 0 Å². The van der Waals surface area contributed by atoms with Crippen molar-refractivity contribution in [3.05, 3.63) is 29.8 Å². The normalized spacial score (nSPS) is 18.9. The molecule has 0 amide bonds. The molecule has 1 aliphatic heterocycles. The van der Waals surface area contributed by atoms with Crippen LogP contribution in [0.4, 0.5) is 5.69 Å². The second-order valence-corrected chi connectivity index (χ2v) is 6.98. The second-order valence-electron chi connectivity index (χ2n) is 4.53. The number of thioether (sulfide) groups is 2. The lowest BCUT2D eigenvalue weighted by atomic mass is 10.2. The van der Waals surface area contributed by atoms with E-state index < -0.39 is 0 Å². The molecule has 0 unspecified atom stereocenters. The summed E-state index contributed by atoms with van der Waals surface area (Å²) in [6.07, 6.45) is 0.895. The van der Waals surface area contributed by atoms with Crippen LogP contribution in [0.3, 0.4) is 0 Å². The standard InChI is InChI=1S/C15H21NO2S2/c17-13-14-1-3-15(4-2-14)16-5-9-19-11-7-18-8-12-20-10-6-16/h1-4,13H,5-12H2. The summed E-state index contributed by atoms with van der Waals surface area (Å²) in [7, 11) is 0. The summed E-state index contributed by atoms with van der Waals surface area (Å²) in [5.41, 5.74) is 1.95. The number of carbonyl (C=O) groups is 1. The molecular weight excluding hydrogens is 290 g/mol. The Labute approximate surface area is 129 Å². The van der Waals surface area contributed by atoms with Crippen molar-refractivity contribution >= 4 is 35.5 Å². The highest BCUT2D eigenvalue weighted by atomic mass is 32.2. The maximum atomic E-state index is 10.7. The average Bonchev–Trinajstić information content (AvgIpc) is 2.48. The Morgan fingerprint density at radius 2 is 1.55 bits per heavy atom. The molecule has 2 rings (SSSR count). The Hall–Kier alpha value is -0.650. The number of aldehydes is 1. The third-order valence-corrected chi connectivity index (χ3v) is 5.00. The minimum atomic E-state index is 0.740. The monoisotopic (exact) mass is 311 g/mol. The van der Waals surface area contributed by atoms with Gasteiger partial charge in [-0.15, -0.1) is 0 Å². The summed E-state index contributed by atoms with van der Waals surface area (Å²) < 4.78 is 5.56. The molecule has 20 heavy (non-hydrogen) atoms. The highest BCUT2D eigenvalue weighted by Crippen LogP contribution is 2.17. The van der Waals surface area contributed by atoms with Crippen LogP contribution >= 0.6 is 23.5 Å². The molecule has 5 heteroatoms. The van der Waals surface area contributed by atoms with Gasteiger partial charge in [0.1, 0.15) is 6.29 Å². The van der Waals surface area contributed by atoms with E-state index >= 15 is 0 Å². The van der Waals surface area contributed by atoms with Gasteiger partial charge in [-0.05, 0) is 24.3 Å². The van der Waals surface area contributed by atoms with Crippen LogP contribution in [0.15, 0.2) is 24.3 Å². The van der Waals surface area contributed by atoms with Crippen molar-refractivity contribution in [1.29, 1.82) is 0 Å². The Kier molecular flexibility index (Phi) is 7.33. The molecule has 0 aromatic heterocycles. The minimum absolute atomic E-state index is 0.740. The molecule has 1 aromatic carbocycles. The molecule has 110 valence electrons. The number of anilines is 1. The Morgan fingerprint density at radius 3 is 2.10 bits per heavy atom. The molecule has 0 atom stereocenters. The Balaban J connectivity index is 1.95. The molecule has 0 N–H and O–H groups in total. The fraction of sp³-hybridized carbons (Fsp3) is 0.533. The fourth-order valence-corrected chi connectivity index (χ4v) is 3.60. The number of benzene rings is 1. The van der Waals surface area contributed by atoms with Crippen LogP contribution in [0.2, 0.25) is 0 Å². The zero-order valence-electron chi connectivity index (χ0n) is 11.6. The summed E-state index contributed by atoms with van der Waals surface area (Å²) in [6, 6.07) is 7.89. The summed E-state index contributed by atoms with van der Waals surface area (Å²) in [4.78, 5) is 13.1. The predicted octanol–water partition coefficient (Wildman–Crippen LogP) is 2.80. The molecule has 0 saturated carbocycles. The van der Waals surface area contributed by atoms with Crippen LogP contribution in [0, 0.1) is 0 Å². The molecule has 1 heterocycles. The number of ether oxygens (including phenoxy) is 1. The molecule has 0 spiro atoms. The van der Waals surface area contributed by atoms with Gasteiger partial charge in [0, 0.05) is 47.4 Å². The number of hydrogen-bond donors (Lipinski definition) is 0. The van der Waals surface area contributed by atoms with Crippen LogP contribution in [0.1, 0.15) is 10.4 Å². The largest absolute Gasteiger partial charge is 0.380 e. The van der Waals surface area contributed by atoms with E-state index in [2.05, 4.69) is 4.90 Å². The zero-order valence-corrected chi connectivity index (χ0v) is 13.3. The van der Waals surface area contributed by atoms with Crippen LogP contribution in [0.5, 0.6) is 0 Å². The van der Waals surface area contributed by atoms with Gasteiger partial charge in [-0.1, -0.05) is 0 Å². The van der Waals surface area contributed by atoms with E-state index in [9.17, 15) is 4.79 Å². The average molecular weight is 311 g/mol. The van der Waals surface area contributed by atoms with Gasteiger partial charge < -0.3 is 9.64 Å². The number of nitrogens with zero attached hydrogens (tertiary/aromatic N) is 1. The van der Waals surface area contributed by atoms with E-state index in [1.54, 1.807) is 0 Å². The lowest BCUT2D eigenvalue weighted by Crippen LogP contribution is -2.29. The molecule has 0 radical (unpaired) electrons. The van der Waals surface area contributed by atoms with E-state index in [0.717, 1.165) is 61.2 Å². The first-order chi connectivity index (χ1) is 9.90. The number of carbonyl (C=O) groups excluding carboxylic acids is 1. The quantitative estimate of drug-likeness (QED) is 0.784. The first kappa shape index (κ1) is 15.7. The highest BCUT2D eigenvalue weighted by Gasteiger charge is 2.07. The number of hydrogen-bond acceptors (Lipinski definition) is 5. The summed E-state index contributed by atoms with van der Waals surface area (Å²) >= 11 is 3.89. The van der Waals surface area contributed by atoms with Gasteiger partial charge >= 0.3 is 0 Å². The van der Waals surface area contributed by atoms with Crippen molar-refractivity contribution in [3.63, 3.8) is 0 Å². The predicted molar refractivity (Wildman–Crippen MR) is 89.5 cm³/mol. The third-order valence-electron chi connectivity index (χ3n) is 3.15. The molecule has 1 fully saturated rings. The Bertz CT molecular complexity index is 385. The third kappa shape index (κ3) is 5.38. The number of rotatable bonds is 2. The topological polar surface area (TPSA) is 29.5 Å². The van der Waals surface area contributed by atoms with Crippen molar-refractivity contribution in [3.8, 4) is 0 Å². The Morgan fingerprint density at radius 1 is 0.950 bits per heavy atom. The molecule has 0 bridgehead atoms. The van der Waals surface area contributed by atoms with Crippen molar-refractivity contribution in [1.82, 2.24) is 0 Å². The minimum Gasteiger partial charge on any atom is -0.380 e. The van der Waals surface area contributed by atoms with Crippen LogP contribution in [0.25, 0.3) is 0 Å². The molecule has 0 aliphatic carbocycles. The highest BCUT2D eigenvalue weighted by molar-refractivity contribution is 7.99. The van der Waals surface area contributed by atoms with Crippen LogP contribution in [-0.4, -0.2) is 55.6 Å². The molecule has 1 aromatic rings. The van der Waals surface area contributed by atoms with Crippen molar-refractivity contribution < 1.29 is 9.53 Å². The van der Waals surface area contributed by atoms with Gasteiger partial charge in [-0.3, -0.25) is 4.79 Å². The first-order valence-electron chi connectivity index (χ1n) is 6.93. The zero-order chi connectivity index (χ0) is 14.0. The fourth-order valence-electron chi connectivity index (χ4n) is 2.03. The first-order valence-corrected chi connectivity index (χ1v) is 9.24. The van der Waals surface area contributed by atoms with Gasteiger partial charge in [0.25, 0.3) is 0 Å².